The molecule has 0 bridgehead atoms. The van der Waals surface area contributed by atoms with Crippen molar-refractivity contribution in [1.82, 2.24) is 15.0 Å². The molecule has 0 saturated carbocycles. The number of hydrogen-bond donors (Lipinski definition) is 3. The highest BCUT2D eigenvalue weighted by atomic mass is 32.1. The Hall–Kier alpha value is -1.89. The summed E-state index contributed by atoms with van der Waals surface area (Å²) in [7, 11) is 1.79. The van der Waals surface area contributed by atoms with E-state index in [1.165, 1.54) is 0 Å². The van der Waals surface area contributed by atoms with E-state index in [9.17, 15) is 0 Å². The topological polar surface area (TPSA) is 88.8 Å². The van der Waals surface area contributed by atoms with Gasteiger partial charge in [-0.25, -0.2) is 4.98 Å². The average molecular weight is 250 g/mol. The summed E-state index contributed by atoms with van der Waals surface area (Å²) in [6.45, 7) is 2.61. The number of nitrogen functional groups attached to an aromatic ring is 1. The quantitative estimate of drug-likeness (QED) is 0.761. The van der Waals surface area contributed by atoms with E-state index in [1.54, 1.807) is 24.5 Å². The number of aromatic nitrogens is 3. The second-order valence-electron chi connectivity index (χ2n) is 3.46. The Labute approximate surface area is 103 Å². The van der Waals surface area contributed by atoms with Crippen LogP contribution in [0.2, 0.25) is 0 Å². The lowest BCUT2D eigenvalue weighted by atomic mass is 10.4. The van der Waals surface area contributed by atoms with Gasteiger partial charge < -0.3 is 16.4 Å². The van der Waals surface area contributed by atoms with Gasteiger partial charge in [-0.2, -0.15) is 9.97 Å². The van der Waals surface area contributed by atoms with Crippen LogP contribution >= 0.6 is 11.3 Å². The Morgan fingerprint density at radius 3 is 2.71 bits per heavy atom. The lowest BCUT2D eigenvalue weighted by Gasteiger charge is -2.06. The molecule has 0 fully saturated rings. The van der Waals surface area contributed by atoms with Crippen LogP contribution < -0.4 is 16.4 Å². The van der Waals surface area contributed by atoms with Gasteiger partial charge in [0.05, 0.1) is 17.2 Å². The van der Waals surface area contributed by atoms with Crippen LogP contribution in [-0.4, -0.2) is 22.0 Å². The van der Waals surface area contributed by atoms with E-state index in [0.29, 0.717) is 18.2 Å². The Kier molecular flexibility index (Phi) is 3.38. The van der Waals surface area contributed by atoms with Crippen molar-refractivity contribution >= 4 is 28.9 Å². The zero-order valence-corrected chi connectivity index (χ0v) is 10.5. The molecule has 0 saturated heterocycles. The molecule has 0 aliphatic rings. The smallest absolute Gasteiger partial charge is 0.223 e. The minimum Gasteiger partial charge on any atom is -0.373 e. The minimum atomic E-state index is 0.244. The summed E-state index contributed by atoms with van der Waals surface area (Å²) in [5.74, 6) is 1.62. The summed E-state index contributed by atoms with van der Waals surface area (Å²) in [5, 5.41) is 9.16. The van der Waals surface area contributed by atoms with Crippen LogP contribution in [0.15, 0.2) is 11.4 Å². The van der Waals surface area contributed by atoms with Gasteiger partial charge in [-0.1, -0.05) is 0 Å². The molecule has 2 heterocycles. The maximum Gasteiger partial charge on any atom is 0.223 e. The maximum atomic E-state index is 5.59. The highest BCUT2D eigenvalue weighted by Gasteiger charge is 2.02. The largest absolute Gasteiger partial charge is 0.373 e. The van der Waals surface area contributed by atoms with Crippen LogP contribution in [0.4, 0.5) is 17.6 Å². The third-order valence-electron chi connectivity index (χ3n) is 2.12. The number of anilines is 3. The SMILES string of the molecule is CNc1cc(NCc2csc(C)n2)nc(N)n1. The van der Waals surface area contributed by atoms with Gasteiger partial charge in [0.15, 0.2) is 0 Å². The van der Waals surface area contributed by atoms with Gasteiger partial charge in [-0.05, 0) is 6.92 Å². The lowest BCUT2D eigenvalue weighted by molar-refractivity contribution is 1.03. The normalized spacial score (nSPS) is 10.2. The monoisotopic (exact) mass is 250 g/mol. The van der Waals surface area contributed by atoms with E-state index in [0.717, 1.165) is 10.7 Å². The molecule has 0 aliphatic heterocycles. The number of thiazole rings is 1. The molecule has 2 aromatic heterocycles. The second-order valence-corrected chi connectivity index (χ2v) is 4.52. The van der Waals surface area contributed by atoms with Crippen molar-refractivity contribution in [3.63, 3.8) is 0 Å². The summed E-state index contributed by atoms with van der Waals surface area (Å²) in [6.07, 6.45) is 0. The van der Waals surface area contributed by atoms with Crippen molar-refractivity contribution in [1.29, 1.82) is 0 Å². The van der Waals surface area contributed by atoms with Crippen molar-refractivity contribution in [3.8, 4) is 0 Å². The fourth-order valence-electron chi connectivity index (χ4n) is 1.36. The second kappa shape index (κ2) is 4.96. The summed E-state index contributed by atoms with van der Waals surface area (Å²) >= 11 is 1.63. The number of hydrogen-bond acceptors (Lipinski definition) is 7. The zero-order chi connectivity index (χ0) is 12.3. The molecule has 2 aromatic rings. The highest BCUT2D eigenvalue weighted by Crippen LogP contribution is 2.14. The molecule has 0 atom stereocenters. The summed E-state index contributed by atoms with van der Waals surface area (Å²) in [6, 6.07) is 1.80. The molecule has 0 amide bonds. The minimum absolute atomic E-state index is 0.244. The first kappa shape index (κ1) is 11.6. The van der Waals surface area contributed by atoms with E-state index >= 15 is 0 Å². The van der Waals surface area contributed by atoms with E-state index < -0.39 is 0 Å². The molecule has 90 valence electrons. The highest BCUT2D eigenvalue weighted by molar-refractivity contribution is 7.09. The van der Waals surface area contributed by atoms with E-state index in [4.69, 9.17) is 5.73 Å². The molecule has 0 aromatic carbocycles. The Morgan fingerprint density at radius 2 is 2.06 bits per heavy atom. The first-order valence-corrected chi connectivity index (χ1v) is 6.02. The van der Waals surface area contributed by atoms with Crippen molar-refractivity contribution in [2.75, 3.05) is 23.4 Å². The van der Waals surface area contributed by atoms with Crippen LogP contribution in [0.25, 0.3) is 0 Å². The third kappa shape index (κ3) is 3.04. The molecule has 2 rings (SSSR count). The van der Waals surface area contributed by atoms with Gasteiger partial charge in [0.2, 0.25) is 5.95 Å². The van der Waals surface area contributed by atoms with Gasteiger partial charge in [-0.15, -0.1) is 11.3 Å². The van der Waals surface area contributed by atoms with Crippen LogP contribution in [-0.2, 0) is 6.54 Å². The van der Waals surface area contributed by atoms with E-state index in [-0.39, 0.29) is 5.95 Å². The number of nitrogens with zero attached hydrogens (tertiary/aromatic N) is 3. The number of nitrogens with two attached hydrogens (primary N) is 1. The predicted molar refractivity (Wildman–Crippen MR) is 70.2 cm³/mol. The average Bonchev–Trinajstić information content (AvgIpc) is 2.72. The summed E-state index contributed by atoms with van der Waals surface area (Å²) in [4.78, 5) is 12.5. The Bertz CT molecular complexity index is 509. The maximum absolute atomic E-state index is 5.59. The van der Waals surface area contributed by atoms with Crippen LogP contribution in [0.5, 0.6) is 0 Å². The first-order chi connectivity index (χ1) is 8.17. The molecule has 4 N–H and O–H groups in total. The summed E-state index contributed by atoms with van der Waals surface area (Å²) < 4.78 is 0. The molecular formula is C10H14N6S. The van der Waals surface area contributed by atoms with Gasteiger partial charge >= 0.3 is 0 Å². The Balaban J connectivity index is 2.05. The zero-order valence-electron chi connectivity index (χ0n) is 9.69. The number of rotatable bonds is 4. The molecule has 0 spiro atoms. The summed E-state index contributed by atoms with van der Waals surface area (Å²) in [5.41, 5.74) is 6.59. The van der Waals surface area contributed by atoms with Crippen molar-refractivity contribution in [2.45, 2.75) is 13.5 Å². The van der Waals surface area contributed by atoms with Crippen molar-refractivity contribution < 1.29 is 0 Å². The first-order valence-electron chi connectivity index (χ1n) is 5.14. The van der Waals surface area contributed by atoms with Gasteiger partial charge in [0, 0.05) is 18.5 Å². The fourth-order valence-corrected chi connectivity index (χ4v) is 1.97. The predicted octanol–water partition coefficient (Wildman–Crippen LogP) is 1.48. The molecule has 0 unspecified atom stereocenters. The lowest BCUT2D eigenvalue weighted by Crippen LogP contribution is -2.06. The van der Waals surface area contributed by atoms with Crippen molar-refractivity contribution in [3.05, 3.63) is 22.1 Å². The van der Waals surface area contributed by atoms with E-state index in [2.05, 4.69) is 25.6 Å². The number of nitrogens with one attached hydrogen (secondary N) is 2. The van der Waals surface area contributed by atoms with Crippen LogP contribution in [0, 0.1) is 6.92 Å². The molecule has 0 aliphatic carbocycles. The van der Waals surface area contributed by atoms with Gasteiger partial charge in [-0.3, -0.25) is 0 Å². The van der Waals surface area contributed by atoms with Gasteiger partial charge in [0.25, 0.3) is 0 Å². The molecule has 7 heteroatoms. The standard InChI is InChI=1S/C10H14N6S/c1-6-14-7(5-17-6)4-13-9-3-8(12-2)15-10(11)16-9/h3,5H,4H2,1-2H3,(H4,11,12,13,15,16). The third-order valence-corrected chi connectivity index (χ3v) is 2.94. The van der Waals surface area contributed by atoms with Crippen LogP contribution in [0.1, 0.15) is 10.7 Å². The van der Waals surface area contributed by atoms with Crippen LogP contribution in [0.3, 0.4) is 0 Å². The molecule has 0 radical (unpaired) electrons. The molecule has 6 nitrogen and oxygen atoms in total. The van der Waals surface area contributed by atoms with Gasteiger partial charge in [0.1, 0.15) is 11.6 Å². The molecule has 17 heavy (non-hydrogen) atoms. The Morgan fingerprint density at radius 1 is 1.29 bits per heavy atom. The fraction of sp³-hybridized carbons (Fsp3) is 0.300. The van der Waals surface area contributed by atoms with Crippen molar-refractivity contribution in [2.24, 2.45) is 0 Å². The number of aryl methyl sites for hydroxylation is 1. The van der Waals surface area contributed by atoms with E-state index in [1.807, 2.05) is 12.3 Å². The molecular weight excluding hydrogens is 236 g/mol.